The Hall–Kier alpha value is -10.2. The highest BCUT2D eigenvalue weighted by Gasteiger charge is 2.47. The van der Waals surface area contributed by atoms with Crippen molar-refractivity contribution < 1.29 is 33.2 Å². The molecule has 1 aromatic heterocycles. The van der Waals surface area contributed by atoms with Crippen LogP contribution in [0.25, 0.3) is 72.0 Å². The summed E-state index contributed by atoms with van der Waals surface area (Å²) >= 11 is 0. The lowest BCUT2D eigenvalue weighted by atomic mass is 9.67. The fourth-order valence-electron chi connectivity index (χ4n) is 16.2. The van der Waals surface area contributed by atoms with Crippen LogP contribution in [0.2, 0.25) is 0 Å². The zero-order valence-corrected chi connectivity index (χ0v) is 65.3. The molecule has 8 nitrogen and oxygen atoms in total. The summed E-state index contributed by atoms with van der Waals surface area (Å²) in [5, 5.41) is 2.46. The topological polar surface area (TPSA) is 69.5 Å². The molecule has 0 bridgehead atoms. The predicted molar refractivity (Wildman–Crippen MR) is 445 cm³/mol. The van der Waals surface area contributed by atoms with E-state index in [2.05, 4.69) is 263 Å². The Labute approximate surface area is 637 Å². The summed E-state index contributed by atoms with van der Waals surface area (Å²) in [5.74, 6) is 6.16. The minimum Gasteiger partial charge on any atom is -0.493 e. The summed E-state index contributed by atoms with van der Waals surface area (Å²) in [4.78, 5) is 0. The van der Waals surface area contributed by atoms with Crippen LogP contribution >= 0.6 is 0 Å². The molecule has 1 aliphatic carbocycles. The van der Waals surface area contributed by atoms with Crippen LogP contribution in [0.15, 0.2) is 206 Å². The molecule has 8 heteroatoms. The molecule has 12 aromatic rings. The molecular weight excluding hydrogens is 1320 g/mol. The maximum Gasteiger partial charge on any atom is 0.161 e. The molecule has 107 heavy (non-hydrogen) atoms. The van der Waals surface area contributed by atoms with E-state index in [0.29, 0.717) is 39.6 Å². The van der Waals surface area contributed by atoms with Gasteiger partial charge in [-0.25, -0.2) is 0 Å². The number of rotatable bonds is 36. The molecule has 0 fully saturated rings. The summed E-state index contributed by atoms with van der Waals surface area (Å²) in [6.07, 6.45) is 15.4. The molecule has 13 rings (SSSR count). The van der Waals surface area contributed by atoms with Crippen molar-refractivity contribution in [2.45, 2.75) is 171 Å². The van der Waals surface area contributed by atoms with Gasteiger partial charge in [0.1, 0.15) is 28.7 Å². The first-order chi connectivity index (χ1) is 52.2. The second kappa shape index (κ2) is 35.0. The summed E-state index contributed by atoms with van der Waals surface area (Å²) in [5.41, 5.74) is 26.1. The Morgan fingerprint density at radius 3 is 1.26 bits per heavy atom. The third kappa shape index (κ3) is 16.8. The number of ether oxygens (including phenoxy) is 7. The van der Waals surface area contributed by atoms with Gasteiger partial charge in [-0.15, -0.1) is 0 Å². The van der Waals surface area contributed by atoms with Crippen molar-refractivity contribution >= 4 is 21.8 Å². The van der Waals surface area contributed by atoms with E-state index in [0.717, 1.165) is 172 Å². The smallest absolute Gasteiger partial charge is 0.161 e. The second-order valence-corrected chi connectivity index (χ2v) is 29.8. The van der Waals surface area contributed by atoms with E-state index in [1.807, 2.05) is 24.3 Å². The first-order valence-electron chi connectivity index (χ1n) is 39.7. The molecule has 0 aliphatic heterocycles. The van der Waals surface area contributed by atoms with Gasteiger partial charge in [0.25, 0.3) is 0 Å². The normalized spacial score (nSPS) is 13.1. The number of benzene rings is 11. The van der Waals surface area contributed by atoms with Gasteiger partial charge >= 0.3 is 0 Å². The molecule has 0 amide bonds. The summed E-state index contributed by atoms with van der Waals surface area (Å²) in [6.45, 7) is 28.3. The largest absolute Gasteiger partial charge is 0.493 e. The molecular formula is C99H109NO7. The van der Waals surface area contributed by atoms with E-state index >= 15 is 0 Å². The number of fused-ring (bicyclic) bond motifs is 6. The van der Waals surface area contributed by atoms with E-state index < -0.39 is 5.41 Å². The third-order valence-electron chi connectivity index (χ3n) is 21.5. The molecule has 1 unspecified atom stereocenters. The van der Waals surface area contributed by atoms with Gasteiger partial charge in [-0.2, -0.15) is 0 Å². The van der Waals surface area contributed by atoms with Gasteiger partial charge in [0, 0.05) is 29.3 Å². The summed E-state index contributed by atoms with van der Waals surface area (Å²) in [7, 11) is 0. The van der Waals surface area contributed by atoms with Crippen molar-refractivity contribution in [2.75, 3.05) is 46.2 Å². The number of hydrogen-bond acceptors (Lipinski definition) is 7. The van der Waals surface area contributed by atoms with Crippen molar-refractivity contribution in [2.24, 2.45) is 0 Å². The van der Waals surface area contributed by atoms with E-state index in [-0.39, 0.29) is 0 Å². The summed E-state index contributed by atoms with van der Waals surface area (Å²) < 4.78 is 47.7. The molecule has 0 saturated carbocycles. The third-order valence-corrected chi connectivity index (χ3v) is 21.5. The van der Waals surface area contributed by atoms with E-state index in [4.69, 9.17) is 33.2 Å². The van der Waals surface area contributed by atoms with Crippen molar-refractivity contribution in [3.8, 4) is 90.4 Å². The average Bonchev–Trinajstić information content (AvgIpc) is 1.54. The Bertz CT molecular complexity index is 4960. The molecule has 0 radical (unpaired) electrons. The number of nitrogens with zero attached hydrogens (tertiary/aromatic N) is 1. The van der Waals surface area contributed by atoms with Gasteiger partial charge in [-0.1, -0.05) is 199 Å². The van der Waals surface area contributed by atoms with Crippen LogP contribution in [0.3, 0.4) is 0 Å². The van der Waals surface area contributed by atoms with Crippen LogP contribution in [0, 0.1) is 55.4 Å². The lowest BCUT2D eigenvalue weighted by molar-refractivity contribution is 0.245. The zero-order chi connectivity index (χ0) is 74.4. The van der Waals surface area contributed by atoms with Gasteiger partial charge in [0.15, 0.2) is 11.5 Å². The van der Waals surface area contributed by atoms with Gasteiger partial charge in [0.2, 0.25) is 0 Å². The van der Waals surface area contributed by atoms with Gasteiger partial charge < -0.3 is 37.7 Å². The molecule has 11 aromatic carbocycles. The zero-order valence-electron chi connectivity index (χ0n) is 65.3. The van der Waals surface area contributed by atoms with Crippen molar-refractivity contribution in [3.05, 3.63) is 273 Å². The van der Waals surface area contributed by atoms with Crippen LogP contribution in [0.5, 0.6) is 40.2 Å². The van der Waals surface area contributed by atoms with Crippen LogP contribution in [-0.4, -0.2) is 50.8 Å². The quantitative estimate of drug-likeness (QED) is 0.0362. The highest BCUT2D eigenvalue weighted by Crippen LogP contribution is 2.59. The maximum absolute atomic E-state index is 6.90. The number of aryl methyl sites for hydroxylation is 8. The first kappa shape index (κ1) is 75.1. The Morgan fingerprint density at radius 2 is 0.701 bits per heavy atom. The summed E-state index contributed by atoms with van der Waals surface area (Å²) in [6, 6.07) is 76.5. The van der Waals surface area contributed by atoms with Crippen molar-refractivity contribution in [1.82, 2.24) is 4.57 Å². The maximum atomic E-state index is 6.90. The van der Waals surface area contributed by atoms with Crippen molar-refractivity contribution in [3.63, 3.8) is 0 Å². The minimum atomic E-state index is -0.768. The molecule has 1 aliphatic rings. The van der Waals surface area contributed by atoms with Crippen LogP contribution in [0.1, 0.15) is 177 Å². The minimum absolute atomic E-state index is 0.526. The van der Waals surface area contributed by atoms with Crippen LogP contribution in [0.4, 0.5) is 0 Å². The van der Waals surface area contributed by atoms with E-state index in [9.17, 15) is 0 Å². The number of hydrogen-bond donors (Lipinski definition) is 0. The Morgan fingerprint density at radius 1 is 0.280 bits per heavy atom. The SMILES string of the molecule is CCCCCCCCOc1c(C)cc(-n2c3ccc(C)cc3c3cc(-c4ccc5c(c4)C(c4ccccc4)(c4ccc(OCCCCC)c(OCCCCC)c4)c4cc(-c6cc(C)c(OCCCOc7ccc(-c8ccc(OCCCOc9c(C)cc(C)cc9C)cc8)cc7)c(C)c6)ccc4-5)ccc32)cc1C. The van der Waals surface area contributed by atoms with Gasteiger partial charge in [-0.3, -0.25) is 0 Å². The van der Waals surface area contributed by atoms with Crippen LogP contribution < -0.4 is 33.2 Å². The van der Waals surface area contributed by atoms with Crippen molar-refractivity contribution in [1.29, 1.82) is 0 Å². The highest BCUT2D eigenvalue weighted by atomic mass is 16.5. The standard InChI is InChI=1S/C99H109NO7/c1-12-15-18-19-20-26-51-105-98-73(10)61-83(62-74(98)11)100-92-46-31-67(4)58-88(92)89-63-77(38-47-93(89)100)78-36-44-86-87-45-37-79(65-91(87)99(90(86)64-78,81-29-22-21-23-30-81)82-39-48-94(103-49-24-16-13-2)95(66-82)104-50-25-17-14-3)80-59-71(8)97(72(9)60-80)107-55-28-53-102-85-42-34-76(35-43-85)75-32-40-84(41-33-75)101-52-27-54-106-96-69(6)56-68(5)57-70(96)7/h21-23,29-48,56-66H,12-20,24-28,49-55H2,1-11H3. The fourth-order valence-corrected chi connectivity index (χ4v) is 16.2. The van der Waals surface area contributed by atoms with Crippen LogP contribution in [-0.2, 0) is 5.41 Å². The monoisotopic (exact) mass is 1420 g/mol. The van der Waals surface area contributed by atoms with E-state index in [1.54, 1.807) is 0 Å². The molecule has 0 N–H and O–H groups in total. The average molecular weight is 1420 g/mol. The van der Waals surface area contributed by atoms with Gasteiger partial charge in [0.05, 0.1) is 62.7 Å². The lowest BCUT2D eigenvalue weighted by Crippen LogP contribution is -2.29. The molecule has 1 atom stereocenters. The molecule has 0 spiro atoms. The first-order valence-corrected chi connectivity index (χ1v) is 39.7. The van der Waals surface area contributed by atoms with Gasteiger partial charge in [-0.05, 0) is 272 Å². The fraction of sp³-hybridized carbons (Fsp3) is 0.333. The Kier molecular flexibility index (Phi) is 24.6. The molecule has 552 valence electrons. The highest BCUT2D eigenvalue weighted by molar-refractivity contribution is 6.11. The number of aromatic nitrogens is 1. The second-order valence-electron chi connectivity index (χ2n) is 29.8. The predicted octanol–water partition coefficient (Wildman–Crippen LogP) is 26.2. The number of unbranched alkanes of at least 4 members (excludes halogenated alkanes) is 9. The van der Waals surface area contributed by atoms with E-state index in [1.165, 1.54) is 104 Å². The lowest BCUT2D eigenvalue weighted by Gasteiger charge is -2.35. The molecule has 1 heterocycles. The molecule has 0 saturated heterocycles. The Balaban J connectivity index is 0.769.